The van der Waals surface area contributed by atoms with Crippen LogP contribution in [0.3, 0.4) is 0 Å². The molecule has 4 rings (SSSR count). The van der Waals surface area contributed by atoms with E-state index in [1.807, 2.05) is 18.2 Å². The molecule has 4 nitrogen and oxygen atoms in total. The lowest BCUT2D eigenvalue weighted by molar-refractivity contribution is 0.432. The summed E-state index contributed by atoms with van der Waals surface area (Å²) >= 11 is 5.03. The Morgan fingerprint density at radius 3 is 3.05 bits per heavy atom. The molecule has 1 aromatic carbocycles. The molecule has 100 valence electrons. The van der Waals surface area contributed by atoms with Gasteiger partial charge in [-0.2, -0.15) is 4.98 Å². The smallest absolute Gasteiger partial charge is 0.258 e. The van der Waals surface area contributed by atoms with Crippen LogP contribution in [0.25, 0.3) is 22.2 Å². The van der Waals surface area contributed by atoms with Gasteiger partial charge in [0.05, 0.1) is 8.66 Å². The fourth-order valence-corrected chi connectivity index (χ4v) is 3.62. The Morgan fingerprint density at radius 1 is 1.25 bits per heavy atom. The molecule has 0 fully saturated rings. The largest absolute Gasteiger partial charge is 0.384 e. The summed E-state index contributed by atoms with van der Waals surface area (Å²) in [7, 11) is 0. The normalized spacial score (nSPS) is 13.2. The van der Waals surface area contributed by atoms with Gasteiger partial charge in [-0.25, -0.2) is 0 Å². The lowest BCUT2D eigenvalue weighted by atomic mass is 10.1. The minimum Gasteiger partial charge on any atom is -0.384 e. The van der Waals surface area contributed by atoms with Crippen LogP contribution in [0.1, 0.15) is 5.56 Å². The molecule has 3 heterocycles. The van der Waals surface area contributed by atoms with Gasteiger partial charge in [0, 0.05) is 17.8 Å². The molecular weight excluding hydrogens is 338 g/mol. The van der Waals surface area contributed by atoms with Crippen molar-refractivity contribution in [2.45, 2.75) is 6.42 Å². The van der Waals surface area contributed by atoms with Crippen molar-refractivity contribution in [1.29, 1.82) is 0 Å². The predicted molar refractivity (Wildman–Crippen MR) is 82.9 cm³/mol. The Morgan fingerprint density at radius 2 is 2.20 bits per heavy atom. The SMILES string of the molecule is Brc1ccc(-c2noc(-c3ccc4c(c3)CCN4)n2)s1. The van der Waals surface area contributed by atoms with E-state index in [-0.39, 0.29) is 0 Å². The van der Waals surface area contributed by atoms with Crippen molar-refractivity contribution in [2.75, 3.05) is 11.9 Å². The van der Waals surface area contributed by atoms with Crippen molar-refractivity contribution >= 4 is 33.0 Å². The molecule has 0 saturated heterocycles. The van der Waals surface area contributed by atoms with Crippen LogP contribution >= 0.6 is 27.3 Å². The van der Waals surface area contributed by atoms with Gasteiger partial charge in [0.15, 0.2) is 0 Å². The number of nitrogens with zero attached hydrogens (tertiary/aromatic N) is 2. The van der Waals surface area contributed by atoms with Gasteiger partial charge >= 0.3 is 0 Å². The highest BCUT2D eigenvalue weighted by molar-refractivity contribution is 9.11. The van der Waals surface area contributed by atoms with Gasteiger partial charge in [0.25, 0.3) is 5.89 Å². The van der Waals surface area contributed by atoms with Crippen molar-refractivity contribution < 1.29 is 4.52 Å². The van der Waals surface area contributed by atoms with Gasteiger partial charge in [-0.1, -0.05) is 5.16 Å². The second-order valence-corrected chi connectivity index (χ2v) is 7.04. The molecule has 0 amide bonds. The first kappa shape index (κ1) is 12.1. The number of fused-ring (bicyclic) bond motifs is 1. The molecule has 0 saturated carbocycles. The van der Waals surface area contributed by atoms with E-state index < -0.39 is 0 Å². The molecule has 1 aliphatic heterocycles. The van der Waals surface area contributed by atoms with Crippen molar-refractivity contribution in [3.8, 4) is 22.2 Å². The van der Waals surface area contributed by atoms with E-state index in [1.54, 1.807) is 11.3 Å². The number of benzene rings is 1. The maximum Gasteiger partial charge on any atom is 0.258 e. The maximum atomic E-state index is 5.38. The van der Waals surface area contributed by atoms with Crippen LogP contribution in [0.5, 0.6) is 0 Å². The minimum absolute atomic E-state index is 0.569. The zero-order valence-electron chi connectivity index (χ0n) is 10.4. The summed E-state index contributed by atoms with van der Waals surface area (Å²) in [6.45, 7) is 0.997. The Labute approximate surface area is 128 Å². The zero-order chi connectivity index (χ0) is 13.5. The molecule has 1 N–H and O–H groups in total. The number of thiophene rings is 1. The first-order valence-electron chi connectivity index (χ1n) is 6.26. The fourth-order valence-electron chi connectivity index (χ4n) is 2.31. The van der Waals surface area contributed by atoms with E-state index in [9.17, 15) is 0 Å². The number of rotatable bonds is 2. The van der Waals surface area contributed by atoms with E-state index in [1.165, 1.54) is 11.3 Å². The van der Waals surface area contributed by atoms with E-state index in [4.69, 9.17) is 4.52 Å². The first-order valence-corrected chi connectivity index (χ1v) is 7.87. The summed E-state index contributed by atoms with van der Waals surface area (Å²) in [5, 5.41) is 7.40. The predicted octanol–water partition coefficient (Wildman–Crippen LogP) is 4.20. The summed E-state index contributed by atoms with van der Waals surface area (Å²) in [5.74, 6) is 1.20. The van der Waals surface area contributed by atoms with Crippen LogP contribution in [-0.4, -0.2) is 16.7 Å². The minimum atomic E-state index is 0.569. The molecule has 0 atom stereocenters. The fraction of sp³-hybridized carbons (Fsp3) is 0.143. The third-order valence-electron chi connectivity index (χ3n) is 3.28. The maximum absolute atomic E-state index is 5.38. The lowest BCUT2D eigenvalue weighted by Crippen LogP contribution is -1.90. The van der Waals surface area contributed by atoms with Crippen LogP contribution < -0.4 is 5.32 Å². The van der Waals surface area contributed by atoms with Crippen molar-refractivity contribution in [1.82, 2.24) is 10.1 Å². The topological polar surface area (TPSA) is 51.0 Å². The molecule has 1 aliphatic rings. The Bertz CT molecular complexity index is 780. The van der Waals surface area contributed by atoms with Crippen LogP contribution in [-0.2, 0) is 6.42 Å². The van der Waals surface area contributed by atoms with Crippen molar-refractivity contribution in [2.24, 2.45) is 0 Å². The number of halogens is 1. The molecule has 0 unspecified atom stereocenters. The number of nitrogens with one attached hydrogen (secondary N) is 1. The highest BCUT2D eigenvalue weighted by Gasteiger charge is 2.15. The molecule has 0 radical (unpaired) electrons. The molecule has 6 heteroatoms. The molecule has 3 aromatic rings. The molecule has 0 aliphatic carbocycles. The highest BCUT2D eigenvalue weighted by atomic mass is 79.9. The summed E-state index contributed by atoms with van der Waals surface area (Å²) in [5.41, 5.74) is 3.48. The molecule has 0 bridgehead atoms. The van der Waals surface area contributed by atoms with E-state index in [2.05, 4.69) is 43.5 Å². The average molecular weight is 348 g/mol. The Hall–Kier alpha value is -1.66. The van der Waals surface area contributed by atoms with E-state index in [0.717, 1.165) is 27.2 Å². The standard InChI is InChI=1S/C14H10BrN3OS/c15-12-4-3-11(20-12)13-17-14(19-18-13)9-1-2-10-8(7-9)5-6-16-10/h1-4,7,16H,5-6H2. The van der Waals surface area contributed by atoms with E-state index in [0.29, 0.717) is 11.7 Å². The van der Waals surface area contributed by atoms with Gasteiger partial charge in [-0.05, 0) is 58.2 Å². The van der Waals surface area contributed by atoms with Gasteiger partial charge in [-0.15, -0.1) is 11.3 Å². The van der Waals surface area contributed by atoms with E-state index >= 15 is 0 Å². The third-order valence-corrected chi connectivity index (χ3v) is 4.90. The highest BCUT2D eigenvalue weighted by Crippen LogP contribution is 2.32. The average Bonchev–Trinajstić information content (AvgIpc) is 3.17. The molecule has 2 aromatic heterocycles. The lowest BCUT2D eigenvalue weighted by Gasteiger charge is -2.00. The third kappa shape index (κ3) is 2.05. The first-order chi connectivity index (χ1) is 9.79. The van der Waals surface area contributed by atoms with Gasteiger partial charge < -0.3 is 9.84 Å². The molecular formula is C14H10BrN3OS. The Balaban J connectivity index is 1.71. The van der Waals surface area contributed by atoms with Crippen LogP contribution in [0.15, 0.2) is 38.6 Å². The van der Waals surface area contributed by atoms with Gasteiger partial charge in [0.2, 0.25) is 5.82 Å². The zero-order valence-corrected chi connectivity index (χ0v) is 12.8. The summed E-state index contributed by atoms with van der Waals surface area (Å²) in [6.07, 6.45) is 1.04. The second-order valence-electron chi connectivity index (χ2n) is 4.58. The monoisotopic (exact) mass is 347 g/mol. The molecule has 0 spiro atoms. The Kier molecular flexibility index (Phi) is 2.85. The number of anilines is 1. The van der Waals surface area contributed by atoms with Crippen molar-refractivity contribution in [3.05, 3.63) is 39.7 Å². The van der Waals surface area contributed by atoms with Crippen LogP contribution in [0.2, 0.25) is 0 Å². The van der Waals surface area contributed by atoms with Crippen LogP contribution in [0, 0.1) is 0 Å². The number of aromatic nitrogens is 2. The summed E-state index contributed by atoms with van der Waals surface area (Å²) in [4.78, 5) is 5.48. The van der Waals surface area contributed by atoms with Crippen LogP contribution in [0.4, 0.5) is 5.69 Å². The quantitative estimate of drug-likeness (QED) is 0.754. The van der Waals surface area contributed by atoms with Crippen molar-refractivity contribution in [3.63, 3.8) is 0 Å². The summed E-state index contributed by atoms with van der Waals surface area (Å²) < 4.78 is 6.44. The second kappa shape index (κ2) is 4.71. The number of hydrogen-bond donors (Lipinski definition) is 1. The molecule has 20 heavy (non-hydrogen) atoms. The summed E-state index contributed by atoms with van der Waals surface area (Å²) in [6, 6.07) is 10.2. The van der Waals surface area contributed by atoms with Gasteiger partial charge in [0.1, 0.15) is 0 Å². The number of hydrogen-bond acceptors (Lipinski definition) is 5. The van der Waals surface area contributed by atoms with Gasteiger partial charge in [-0.3, -0.25) is 0 Å².